The second-order valence-corrected chi connectivity index (χ2v) is 3.78. The van der Waals surface area contributed by atoms with Crippen LogP contribution < -0.4 is 4.74 Å². The minimum absolute atomic E-state index is 0.0767. The van der Waals surface area contributed by atoms with Crippen molar-refractivity contribution in [2.45, 2.75) is 19.4 Å². The monoisotopic (exact) mass is 270 g/mol. The molecule has 0 aliphatic heterocycles. The first-order valence-electron chi connectivity index (χ1n) is 5.04. The first-order valence-corrected chi connectivity index (χ1v) is 5.48. The van der Waals surface area contributed by atoms with Gasteiger partial charge in [0.15, 0.2) is 0 Å². The summed E-state index contributed by atoms with van der Waals surface area (Å²) < 4.78 is 9.43. The van der Waals surface area contributed by atoms with Crippen LogP contribution in [0.25, 0.3) is 0 Å². The number of rotatable bonds is 4. The average molecular weight is 271 g/mol. The fourth-order valence-corrected chi connectivity index (χ4v) is 1.48. The molecule has 0 radical (unpaired) electrons. The lowest BCUT2D eigenvalue weighted by atomic mass is 10.1. The van der Waals surface area contributed by atoms with Crippen LogP contribution in [0.4, 0.5) is 0 Å². The summed E-state index contributed by atoms with van der Waals surface area (Å²) in [7, 11) is 0. The molecule has 0 aliphatic carbocycles. The van der Waals surface area contributed by atoms with Gasteiger partial charge in [0.1, 0.15) is 5.75 Å². The van der Waals surface area contributed by atoms with E-state index in [0.717, 1.165) is 6.92 Å². The molecule has 1 aromatic carbocycles. The Hall–Kier alpha value is -1.88. The zero-order valence-corrected chi connectivity index (χ0v) is 10.6. The Bertz CT molecular complexity index is 483. The lowest BCUT2D eigenvalue weighted by Crippen LogP contribution is -2.21. The minimum atomic E-state index is -1.45. The predicted octanol–water partition coefficient (Wildman–Crippen LogP) is 1.92. The van der Waals surface area contributed by atoms with Crippen molar-refractivity contribution in [2.75, 3.05) is 0 Å². The highest BCUT2D eigenvalue weighted by molar-refractivity contribution is 6.33. The zero-order valence-electron chi connectivity index (χ0n) is 9.81. The number of esters is 2. The maximum atomic E-state index is 11.9. The maximum Gasteiger partial charge on any atom is 0.308 e. The van der Waals surface area contributed by atoms with Gasteiger partial charge in [-0.3, -0.25) is 14.4 Å². The molecule has 0 heterocycles. The van der Waals surface area contributed by atoms with Crippen molar-refractivity contribution < 1.29 is 23.9 Å². The number of benzene rings is 1. The molecule has 0 spiro atoms. The molecule has 1 rings (SSSR count). The van der Waals surface area contributed by atoms with Gasteiger partial charge in [-0.15, -0.1) is 0 Å². The summed E-state index contributed by atoms with van der Waals surface area (Å²) in [6.45, 7) is 2.35. The highest BCUT2D eigenvalue weighted by Crippen LogP contribution is 2.21. The van der Waals surface area contributed by atoms with Crippen LogP contribution in [0.5, 0.6) is 5.75 Å². The summed E-state index contributed by atoms with van der Waals surface area (Å²) >= 11 is 5.64. The summed E-state index contributed by atoms with van der Waals surface area (Å²) in [5, 5.41) is 0. The van der Waals surface area contributed by atoms with Crippen molar-refractivity contribution in [1.29, 1.82) is 0 Å². The normalized spacial score (nSPS) is 11.5. The quantitative estimate of drug-likeness (QED) is 0.362. The number of carbonyl (C=O) groups is 3. The highest BCUT2D eigenvalue weighted by atomic mass is 35.5. The number of hydrogen-bond donors (Lipinski definition) is 0. The Morgan fingerprint density at radius 1 is 1.11 bits per heavy atom. The number of ether oxygens (including phenoxy) is 2. The molecule has 0 saturated heterocycles. The van der Waals surface area contributed by atoms with E-state index >= 15 is 0 Å². The van der Waals surface area contributed by atoms with Crippen LogP contribution in [0.3, 0.4) is 0 Å². The number of para-hydroxylation sites is 1. The first-order chi connectivity index (χ1) is 8.41. The summed E-state index contributed by atoms with van der Waals surface area (Å²) in [6.07, 6.45) is 0. The predicted molar refractivity (Wildman–Crippen MR) is 63.5 cm³/mol. The molecule has 0 fully saturated rings. The standard InChI is InChI=1S/C12H11ClO5/c1-7(14)17-10-6-4-3-5-9(10)11(16)12(13)18-8(2)15/h3-6,12H,1-2H3. The Morgan fingerprint density at radius 3 is 2.28 bits per heavy atom. The van der Waals surface area contributed by atoms with E-state index < -0.39 is 23.3 Å². The fourth-order valence-electron chi connectivity index (χ4n) is 1.24. The van der Waals surface area contributed by atoms with Crippen LogP contribution in [0.2, 0.25) is 0 Å². The van der Waals surface area contributed by atoms with Crippen molar-refractivity contribution in [3.8, 4) is 5.75 Å². The number of alkyl halides is 1. The van der Waals surface area contributed by atoms with Crippen molar-refractivity contribution in [2.24, 2.45) is 0 Å². The highest BCUT2D eigenvalue weighted by Gasteiger charge is 2.23. The lowest BCUT2D eigenvalue weighted by molar-refractivity contribution is -0.141. The number of halogens is 1. The van der Waals surface area contributed by atoms with E-state index in [4.69, 9.17) is 16.3 Å². The van der Waals surface area contributed by atoms with Gasteiger partial charge in [0.25, 0.3) is 0 Å². The summed E-state index contributed by atoms with van der Waals surface area (Å²) in [4.78, 5) is 33.5. The van der Waals surface area contributed by atoms with Gasteiger partial charge >= 0.3 is 11.9 Å². The van der Waals surface area contributed by atoms with E-state index in [1.807, 2.05) is 0 Å². The number of carbonyl (C=O) groups excluding carboxylic acids is 3. The molecule has 0 aliphatic rings. The smallest absolute Gasteiger partial charge is 0.308 e. The van der Waals surface area contributed by atoms with Crippen LogP contribution in [0.15, 0.2) is 24.3 Å². The third-order valence-electron chi connectivity index (χ3n) is 1.88. The number of hydrogen-bond acceptors (Lipinski definition) is 5. The van der Waals surface area contributed by atoms with Crippen molar-refractivity contribution in [3.05, 3.63) is 29.8 Å². The second-order valence-electron chi connectivity index (χ2n) is 3.38. The van der Waals surface area contributed by atoms with Gasteiger partial charge in [-0.05, 0) is 12.1 Å². The van der Waals surface area contributed by atoms with E-state index in [1.54, 1.807) is 12.1 Å². The van der Waals surface area contributed by atoms with Gasteiger partial charge in [0.2, 0.25) is 11.3 Å². The van der Waals surface area contributed by atoms with Gasteiger partial charge in [-0.2, -0.15) is 0 Å². The van der Waals surface area contributed by atoms with E-state index in [-0.39, 0.29) is 11.3 Å². The summed E-state index contributed by atoms with van der Waals surface area (Å²) in [5.74, 6) is -1.81. The van der Waals surface area contributed by atoms with Gasteiger partial charge in [0, 0.05) is 13.8 Å². The van der Waals surface area contributed by atoms with Crippen molar-refractivity contribution in [1.82, 2.24) is 0 Å². The Balaban J connectivity index is 2.97. The van der Waals surface area contributed by atoms with Crippen LogP contribution in [-0.2, 0) is 14.3 Å². The molecule has 96 valence electrons. The lowest BCUT2D eigenvalue weighted by Gasteiger charge is -2.11. The van der Waals surface area contributed by atoms with Crippen LogP contribution >= 0.6 is 11.6 Å². The maximum absolute atomic E-state index is 11.9. The van der Waals surface area contributed by atoms with Gasteiger partial charge in [0.05, 0.1) is 5.56 Å². The van der Waals surface area contributed by atoms with Crippen molar-refractivity contribution in [3.63, 3.8) is 0 Å². The van der Waals surface area contributed by atoms with E-state index in [1.165, 1.54) is 19.1 Å². The molecule has 0 bridgehead atoms. The first kappa shape index (κ1) is 14.2. The molecule has 0 N–H and O–H groups in total. The molecule has 1 aromatic rings. The number of ketones is 1. The molecule has 1 atom stereocenters. The molecule has 0 saturated carbocycles. The Morgan fingerprint density at radius 2 is 1.72 bits per heavy atom. The Labute approximate surface area is 109 Å². The van der Waals surface area contributed by atoms with Gasteiger partial charge < -0.3 is 9.47 Å². The largest absolute Gasteiger partial charge is 0.438 e. The molecular weight excluding hydrogens is 260 g/mol. The molecular formula is C12H11ClO5. The van der Waals surface area contributed by atoms with E-state index in [9.17, 15) is 14.4 Å². The van der Waals surface area contributed by atoms with Gasteiger partial charge in [-0.25, -0.2) is 0 Å². The molecule has 6 heteroatoms. The summed E-state index contributed by atoms with van der Waals surface area (Å²) in [5.41, 5.74) is -1.37. The van der Waals surface area contributed by atoms with Gasteiger partial charge in [-0.1, -0.05) is 23.7 Å². The molecule has 0 amide bonds. The Kier molecular flexibility index (Phi) is 4.85. The SMILES string of the molecule is CC(=O)Oc1ccccc1C(=O)C(Cl)OC(C)=O. The molecule has 1 unspecified atom stereocenters. The zero-order chi connectivity index (χ0) is 13.7. The molecule has 5 nitrogen and oxygen atoms in total. The van der Waals surface area contributed by atoms with Crippen LogP contribution in [0.1, 0.15) is 24.2 Å². The number of Topliss-reactive ketones (excluding diaryl/α,β-unsaturated/α-hetero) is 1. The van der Waals surface area contributed by atoms with Crippen LogP contribution in [0, 0.1) is 0 Å². The van der Waals surface area contributed by atoms with E-state index in [0.29, 0.717) is 0 Å². The summed E-state index contributed by atoms with van der Waals surface area (Å²) in [6, 6.07) is 6.06. The van der Waals surface area contributed by atoms with Crippen molar-refractivity contribution >= 4 is 29.3 Å². The fraction of sp³-hybridized carbons (Fsp3) is 0.250. The average Bonchev–Trinajstić information content (AvgIpc) is 2.27. The third-order valence-corrected chi connectivity index (χ3v) is 2.17. The second kappa shape index (κ2) is 6.16. The minimum Gasteiger partial charge on any atom is -0.438 e. The third kappa shape index (κ3) is 3.85. The molecule has 18 heavy (non-hydrogen) atoms. The van der Waals surface area contributed by atoms with Crippen LogP contribution in [-0.4, -0.2) is 23.3 Å². The van der Waals surface area contributed by atoms with E-state index in [2.05, 4.69) is 4.74 Å². The molecule has 0 aromatic heterocycles. The topological polar surface area (TPSA) is 69.7 Å².